The molecule has 0 fully saturated rings. The van der Waals surface area contributed by atoms with E-state index in [0.29, 0.717) is 12.2 Å². The Bertz CT molecular complexity index is 409. The highest BCUT2D eigenvalue weighted by atomic mass is 32.2. The van der Waals surface area contributed by atoms with Gasteiger partial charge in [-0.15, -0.1) is 0 Å². The summed E-state index contributed by atoms with van der Waals surface area (Å²) in [6.07, 6.45) is 2.04. The van der Waals surface area contributed by atoms with Crippen molar-refractivity contribution < 1.29 is 14.6 Å². The first-order valence-corrected chi connectivity index (χ1v) is 8.05. The second-order valence-electron chi connectivity index (χ2n) is 5.03. The molecule has 2 N–H and O–H groups in total. The van der Waals surface area contributed by atoms with Crippen molar-refractivity contribution in [1.82, 2.24) is 5.32 Å². The summed E-state index contributed by atoms with van der Waals surface area (Å²) in [7, 11) is 0. The number of aliphatic hydroxyl groups is 1. The fourth-order valence-electron chi connectivity index (χ4n) is 1.59. The molecule has 1 aromatic rings. The van der Waals surface area contributed by atoms with E-state index in [4.69, 9.17) is 4.74 Å². The molecule has 4 nitrogen and oxygen atoms in total. The van der Waals surface area contributed by atoms with Crippen molar-refractivity contribution in [3.8, 4) is 5.75 Å². The lowest BCUT2D eigenvalue weighted by molar-refractivity contribution is -0.128. The zero-order valence-electron chi connectivity index (χ0n) is 12.3. The monoisotopic (exact) mass is 297 g/mol. The van der Waals surface area contributed by atoms with Gasteiger partial charge in [-0.3, -0.25) is 4.79 Å². The number of ether oxygens (including phenoxy) is 1. The van der Waals surface area contributed by atoms with Crippen molar-refractivity contribution in [3.63, 3.8) is 0 Å². The highest BCUT2D eigenvalue weighted by Crippen LogP contribution is 2.13. The van der Waals surface area contributed by atoms with Crippen LogP contribution in [-0.4, -0.2) is 41.3 Å². The average molecular weight is 297 g/mol. The normalized spacial score (nSPS) is 15.2. The SMILES string of the molecule is CSCC[C@](C)(O)CNC(=O)[C@@H](C)Oc1ccccc1. The smallest absolute Gasteiger partial charge is 0.260 e. The molecule has 112 valence electrons. The van der Waals surface area contributed by atoms with E-state index in [1.807, 2.05) is 24.5 Å². The molecule has 1 aromatic carbocycles. The van der Waals surface area contributed by atoms with Crippen LogP contribution in [0.1, 0.15) is 20.3 Å². The summed E-state index contributed by atoms with van der Waals surface area (Å²) >= 11 is 1.67. The average Bonchev–Trinajstić information content (AvgIpc) is 2.44. The molecular formula is C15H23NO3S. The van der Waals surface area contributed by atoms with Crippen LogP contribution in [0.2, 0.25) is 0 Å². The minimum atomic E-state index is -0.884. The summed E-state index contributed by atoms with van der Waals surface area (Å²) in [4.78, 5) is 11.9. The first-order valence-electron chi connectivity index (χ1n) is 6.65. The number of thioether (sulfide) groups is 1. The largest absolute Gasteiger partial charge is 0.481 e. The summed E-state index contributed by atoms with van der Waals surface area (Å²) in [6.45, 7) is 3.65. The predicted molar refractivity (Wildman–Crippen MR) is 83.2 cm³/mol. The van der Waals surface area contributed by atoms with Gasteiger partial charge in [0.15, 0.2) is 6.10 Å². The van der Waals surface area contributed by atoms with Gasteiger partial charge in [-0.25, -0.2) is 0 Å². The number of carbonyl (C=O) groups excluding carboxylic acids is 1. The molecule has 0 unspecified atom stereocenters. The lowest BCUT2D eigenvalue weighted by Gasteiger charge is -2.24. The lowest BCUT2D eigenvalue weighted by atomic mass is 10.0. The Morgan fingerprint density at radius 2 is 2.10 bits per heavy atom. The minimum Gasteiger partial charge on any atom is -0.481 e. The number of hydrogen-bond donors (Lipinski definition) is 2. The van der Waals surface area contributed by atoms with E-state index in [0.717, 1.165) is 5.75 Å². The van der Waals surface area contributed by atoms with Crippen LogP contribution >= 0.6 is 11.8 Å². The standard InChI is InChI=1S/C15H23NO3S/c1-12(19-13-7-5-4-6-8-13)14(17)16-11-15(2,18)9-10-20-3/h4-8,12,18H,9-11H2,1-3H3,(H,16,17)/t12-,15+/m1/s1. The number of carbonyl (C=O) groups is 1. The van der Waals surface area contributed by atoms with Crippen molar-refractivity contribution in [2.75, 3.05) is 18.6 Å². The molecule has 0 aromatic heterocycles. The van der Waals surface area contributed by atoms with Crippen LogP contribution in [0.5, 0.6) is 5.75 Å². The maximum absolute atomic E-state index is 11.9. The third-order valence-corrected chi connectivity index (χ3v) is 3.53. The summed E-state index contributed by atoms with van der Waals surface area (Å²) in [6, 6.07) is 9.21. The Morgan fingerprint density at radius 3 is 2.70 bits per heavy atom. The van der Waals surface area contributed by atoms with E-state index in [2.05, 4.69) is 5.32 Å². The second kappa shape index (κ2) is 8.17. The topological polar surface area (TPSA) is 58.6 Å². The highest BCUT2D eigenvalue weighted by molar-refractivity contribution is 7.98. The van der Waals surface area contributed by atoms with Gasteiger partial charge in [0.25, 0.3) is 5.91 Å². The van der Waals surface area contributed by atoms with Gasteiger partial charge < -0.3 is 15.2 Å². The fraction of sp³-hybridized carbons (Fsp3) is 0.533. The molecule has 0 aliphatic rings. The quantitative estimate of drug-likeness (QED) is 0.771. The summed E-state index contributed by atoms with van der Waals surface area (Å²) < 4.78 is 5.52. The van der Waals surface area contributed by atoms with Crippen LogP contribution in [0.25, 0.3) is 0 Å². The molecule has 0 heterocycles. The minimum absolute atomic E-state index is 0.224. The van der Waals surface area contributed by atoms with Gasteiger partial charge in [0.05, 0.1) is 5.60 Å². The Hall–Kier alpha value is -1.20. The molecule has 5 heteroatoms. The predicted octanol–water partition coefficient (Wildman–Crippen LogP) is 2.07. The van der Waals surface area contributed by atoms with E-state index < -0.39 is 11.7 Å². The van der Waals surface area contributed by atoms with Crippen molar-refractivity contribution >= 4 is 17.7 Å². The van der Waals surface area contributed by atoms with E-state index >= 15 is 0 Å². The first-order chi connectivity index (χ1) is 9.44. The first kappa shape index (κ1) is 16.9. The Labute approximate surface area is 124 Å². The molecule has 0 spiro atoms. The Morgan fingerprint density at radius 1 is 1.45 bits per heavy atom. The number of nitrogens with one attached hydrogen (secondary N) is 1. The van der Waals surface area contributed by atoms with Gasteiger partial charge in [-0.1, -0.05) is 18.2 Å². The summed E-state index contributed by atoms with van der Waals surface area (Å²) in [5.74, 6) is 1.29. The molecule has 0 radical (unpaired) electrons. The molecule has 1 rings (SSSR count). The van der Waals surface area contributed by atoms with Crippen LogP contribution in [0.3, 0.4) is 0 Å². The van der Waals surface area contributed by atoms with Crippen LogP contribution in [0, 0.1) is 0 Å². The van der Waals surface area contributed by atoms with Gasteiger partial charge >= 0.3 is 0 Å². The van der Waals surface area contributed by atoms with Gasteiger partial charge in [0, 0.05) is 6.54 Å². The summed E-state index contributed by atoms with van der Waals surface area (Å²) in [5, 5.41) is 12.8. The number of para-hydroxylation sites is 1. The highest BCUT2D eigenvalue weighted by Gasteiger charge is 2.22. The van der Waals surface area contributed by atoms with E-state index in [-0.39, 0.29) is 12.5 Å². The molecule has 0 aliphatic heterocycles. The Balaban J connectivity index is 2.38. The third-order valence-electron chi connectivity index (χ3n) is 2.91. The van der Waals surface area contributed by atoms with Crippen LogP contribution in [0.4, 0.5) is 0 Å². The molecule has 0 aliphatic carbocycles. The number of hydrogen-bond acceptors (Lipinski definition) is 4. The molecule has 20 heavy (non-hydrogen) atoms. The van der Waals surface area contributed by atoms with Crippen molar-refractivity contribution in [3.05, 3.63) is 30.3 Å². The van der Waals surface area contributed by atoms with Crippen LogP contribution < -0.4 is 10.1 Å². The number of benzene rings is 1. The van der Waals surface area contributed by atoms with E-state index in [1.165, 1.54) is 0 Å². The van der Waals surface area contributed by atoms with Gasteiger partial charge in [0.1, 0.15) is 5.75 Å². The Kier molecular flexibility index (Phi) is 6.88. The maximum atomic E-state index is 11.9. The van der Waals surface area contributed by atoms with Crippen LogP contribution in [0.15, 0.2) is 30.3 Å². The maximum Gasteiger partial charge on any atom is 0.260 e. The second-order valence-corrected chi connectivity index (χ2v) is 6.02. The van der Waals surface area contributed by atoms with Crippen LogP contribution in [-0.2, 0) is 4.79 Å². The van der Waals surface area contributed by atoms with Crippen molar-refractivity contribution in [1.29, 1.82) is 0 Å². The van der Waals surface area contributed by atoms with Crippen molar-refractivity contribution in [2.24, 2.45) is 0 Å². The van der Waals surface area contributed by atoms with Gasteiger partial charge in [-0.2, -0.15) is 11.8 Å². The molecule has 0 bridgehead atoms. The van der Waals surface area contributed by atoms with Gasteiger partial charge in [-0.05, 0) is 44.4 Å². The van der Waals surface area contributed by atoms with Gasteiger partial charge in [0.2, 0.25) is 0 Å². The zero-order valence-corrected chi connectivity index (χ0v) is 13.1. The lowest BCUT2D eigenvalue weighted by Crippen LogP contribution is -2.45. The van der Waals surface area contributed by atoms with E-state index in [1.54, 1.807) is 37.7 Å². The number of amides is 1. The molecule has 0 saturated carbocycles. The molecule has 2 atom stereocenters. The fourth-order valence-corrected chi connectivity index (χ4v) is 2.23. The van der Waals surface area contributed by atoms with Crippen molar-refractivity contribution in [2.45, 2.75) is 32.0 Å². The third kappa shape index (κ3) is 6.30. The number of rotatable bonds is 8. The molecule has 0 saturated heterocycles. The summed E-state index contributed by atoms with van der Waals surface area (Å²) in [5.41, 5.74) is -0.884. The molecule has 1 amide bonds. The molecular weight excluding hydrogens is 274 g/mol. The van der Waals surface area contributed by atoms with E-state index in [9.17, 15) is 9.90 Å². The zero-order chi connectivity index (χ0) is 15.0.